The molecule has 0 atom stereocenters. The van der Waals surface area contributed by atoms with E-state index in [4.69, 9.17) is 0 Å². The number of piperidine rings is 1. The summed E-state index contributed by atoms with van der Waals surface area (Å²) in [5, 5.41) is 1.30. The highest BCUT2D eigenvalue weighted by atomic mass is 16.1. The van der Waals surface area contributed by atoms with Gasteiger partial charge in [0.15, 0.2) is 5.78 Å². The summed E-state index contributed by atoms with van der Waals surface area (Å²) in [6, 6.07) is 14.6. The molecule has 0 unspecified atom stereocenters. The Labute approximate surface area is 174 Å². The lowest BCUT2D eigenvalue weighted by atomic mass is 9.88. The van der Waals surface area contributed by atoms with Gasteiger partial charge in [0.05, 0.1) is 0 Å². The molecule has 152 valence electrons. The minimum absolute atomic E-state index is 0.229. The quantitative estimate of drug-likeness (QED) is 0.524. The maximum Gasteiger partial charge on any atom is 0.167 e. The zero-order chi connectivity index (χ0) is 20.2. The van der Waals surface area contributed by atoms with E-state index in [1.165, 1.54) is 34.9 Å². The summed E-state index contributed by atoms with van der Waals surface area (Å²) in [5.74, 6) is 0.841. The SMILES string of the molecule is CCCCc1ccccc1C(=O)Cc1ccc2[nH]cc(C3CCN(C)CC3)c2c1. The molecule has 4 rings (SSSR count). The number of ketones is 1. The van der Waals surface area contributed by atoms with E-state index in [1.807, 2.05) is 18.2 Å². The van der Waals surface area contributed by atoms with Crippen LogP contribution in [-0.4, -0.2) is 35.8 Å². The molecule has 3 nitrogen and oxygen atoms in total. The fraction of sp³-hybridized carbons (Fsp3) is 0.423. The first kappa shape index (κ1) is 19.9. The van der Waals surface area contributed by atoms with Crippen LogP contribution >= 0.6 is 0 Å². The molecule has 0 spiro atoms. The summed E-state index contributed by atoms with van der Waals surface area (Å²) >= 11 is 0. The van der Waals surface area contributed by atoms with Crippen molar-refractivity contribution >= 4 is 16.7 Å². The third-order valence-electron chi connectivity index (χ3n) is 6.42. The Hall–Kier alpha value is -2.39. The van der Waals surface area contributed by atoms with Crippen molar-refractivity contribution in [1.82, 2.24) is 9.88 Å². The molecule has 1 saturated heterocycles. The van der Waals surface area contributed by atoms with Gasteiger partial charge in [-0.25, -0.2) is 0 Å². The van der Waals surface area contributed by atoms with Gasteiger partial charge >= 0.3 is 0 Å². The lowest BCUT2D eigenvalue weighted by Gasteiger charge is -2.28. The second-order valence-corrected chi connectivity index (χ2v) is 8.56. The van der Waals surface area contributed by atoms with Crippen molar-refractivity contribution in [2.24, 2.45) is 0 Å². The fourth-order valence-corrected chi connectivity index (χ4v) is 4.61. The number of Topliss-reactive ketones (excluding diaryl/α,β-unsaturated/α-hetero) is 1. The molecule has 0 bridgehead atoms. The first-order valence-electron chi connectivity index (χ1n) is 11.0. The normalized spacial score (nSPS) is 15.8. The minimum atomic E-state index is 0.229. The van der Waals surface area contributed by atoms with Crippen LogP contribution in [0.5, 0.6) is 0 Å². The number of H-pyrrole nitrogens is 1. The van der Waals surface area contributed by atoms with E-state index in [9.17, 15) is 4.79 Å². The second-order valence-electron chi connectivity index (χ2n) is 8.56. The predicted octanol–water partition coefficient (Wildman–Crippen LogP) is 5.75. The number of benzene rings is 2. The highest BCUT2D eigenvalue weighted by Crippen LogP contribution is 2.33. The maximum atomic E-state index is 13.1. The molecule has 1 aromatic heterocycles. The Kier molecular flexibility index (Phi) is 6.15. The third-order valence-corrected chi connectivity index (χ3v) is 6.42. The highest BCUT2D eigenvalue weighted by molar-refractivity contribution is 5.99. The Morgan fingerprint density at radius 1 is 1.14 bits per heavy atom. The van der Waals surface area contributed by atoms with Crippen LogP contribution in [0.1, 0.15) is 65.6 Å². The van der Waals surface area contributed by atoms with E-state index >= 15 is 0 Å². The summed E-state index contributed by atoms with van der Waals surface area (Å²) in [5.41, 5.74) is 5.80. The van der Waals surface area contributed by atoms with Gasteiger partial charge in [0.1, 0.15) is 0 Å². The van der Waals surface area contributed by atoms with E-state index in [1.54, 1.807) is 0 Å². The van der Waals surface area contributed by atoms with Crippen LogP contribution in [0.2, 0.25) is 0 Å². The number of aromatic amines is 1. The maximum absolute atomic E-state index is 13.1. The van der Waals surface area contributed by atoms with Gasteiger partial charge in [-0.2, -0.15) is 0 Å². The van der Waals surface area contributed by atoms with Gasteiger partial charge in [-0.1, -0.05) is 43.7 Å². The molecule has 29 heavy (non-hydrogen) atoms. The molecule has 2 aromatic carbocycles. The number of aromatic nitrogens is 1. The molecular formula is C26H32N2O. The van der Waals surface area contributed by atoms with Crippen LogP contribution < -0.4 is 0 Å². The molecule has 0 aliphatic carbocycles. The average molecular weight is 389 g/mol. The summed E-state index contributed by atoms with van der Waals surface area (Å²) in [6.45, 7) is 4.51. The van der Waals surface area contributed by atoms with Gasteiger partial charge in [-0.3, -0.25) is 4.79 Å². The minimum Gasteiger partial charge on any atom is -0.361 e. The van der Waals surface area contributed by atoms with Crippen molar-refractivity contribution in [1.29, 1.82) is 0 Å². The predicted molar refractivity (Wildman–Crippen MR) is 121 cm³/mol. The van der Waals surface area contributed by atoms with Gasteiger partial charge in [0, 0.05) is 29.1 Å². The van der Waals surface area contributed by atoms with Gasteiger partial charge in [0.2, 0.25) is 0 Å². The fourth-order valence-electron chi connectivity index (χ4n) is 4.61. The average Bonchev–Trinajstić information content (AvgIpc) is 3.16. The number of nitrogens with one attached hydrogen (secondary N) is 1. The van der Waals surface area contributed by atoms with Gasteiger partial charge < -0.3 is 9.88 Å². The number of hydrogen-bond donors (Lipinski definition) is 1. The van der Waals surface area contributed by atoms with Crippen molar-refractivity contribution in [3.63, 3.8) is 0 Å². The standard InChI is InChI=1S/C26H32N2O/c1-3-4-7-20-8-5-6-9-22(20)26(29)17-19-10-11-25-23(16-19)24(18-27-25)21-12-14-28(2)15-13-21/h5-6,8-11,16,18,21,27H,3-4,7,12-15,17H2,1-2H3. The van der Waals surface area contributed by atoms with Crippen LogP contribution in [0.15, 0.2) is 48.7 Å². The summed E-state index contributed by atoms with van der Waals surface area (Å²) in [4.78, 5) is 18.9. The van der Waals surface area contributed by atoms with Crippen LogP contribution in [-0.2, 0) is 12.8 Å². The zero-order valence-corrected chi connectivity index (χ0v) is 17.7. The molecule has 2 heterocycles. The van der Waals surface area contributed by atoms with Crippen LogP contribution in [0, 0.1) is 0 Å². The molecule has 1 aliphatic rings. The van der Waals surface area contributed by atoms with Crippen LogP contribution in [0.3, 0.4) is 0 Å². The number of unbranched alkanes of at least 4 members (excludes halogenated alkanes) is 1. The monoisotopic (exact) mass is 388 g/mol. The first-order chi connectivity index (χ1) is 14.2. The van der Waals surface area contributed by atoms with Gasteiger partial charge in [-0.05, 0) is 80.6 Å². The number of carbonyl (C=O) groups is 1. The Bertz CT molecular complexity index is 979. The lowest BCUT2D eigenvalue weighted by Crippen LogP contribution is -2.29. The van der Waals surface area contributed by atoms with Crippen molar-refractivity contribution < 1.29 is 4.79 Å². The summed E-state index contributed by atoms with van der Waals surface area (Å²) in [7, 11) is 2.20. The largest absolute Gasteiger partial charge is 0.361 e. The van der Waals surface area contributed by atoms with Crippen molar-refractivity contribution in [2.75, 3.05) is 20.1 Å². The van der Waals surface area contributed by atoms with Crippen LogP contribution in [0.25, 0.3) is 10.9 Å². The third kappa shape index (κ3) is 4.45. The molecule has 1 N–H and O–H groups in total. The van der Waals surface area contributed by atoms with E-state index in [2.05, 4.69) is 54.3 Å². The number of carbonyl (C=O) groups excluding carboxylic acids is 1. The molecule has 1 fully saturated rings. The van der Waals surface area contributed by atoms with E-state index < -0.39 is 0 Å². The van der Waals surface area contributed by atoms with Crippen molar-refractivity contribution in [3.8, 4) is 0 Å². The van der Waals surface area contributed by atoms with Gasteiger partial charge in [0.25, 0.3) is 0 Å². The lowest BCUT2D eigenvalue weighted by molar-refractivity contribution is 0.0992. The second kappa shape index (κ2) is 8.96. The number of likely N-dealkylation sites (tertiary alicyclic amines) is 1. The Morgan fingerprint density at radius 3 is 2.72 bits per heavy atom. The van der Waals surface area contributed by atoms with Crippen LogP contribution in [0.4, 0.5) is 0 Å². The molecular weight excluding hydrogens is 356 g/mol. The number of fused-ring (bicyclic) bond motifs is 1. The smallest absolute Gasteiger partial charge is 0.167 e. The summed E-state index contributed by atoms with van der Waals surface area (Å²) in [6.07, 6.45) is 8.32. The Morgan fingerprint density at radius 2 is 1.93 bits per heavy atom. The molecule has 0 radical (unpaired) electrons. The topological polar surface area (TPSA) is 36.1 Å². The molecule has 0 saturated carbocycles. The number of nitrogens with zero attached hydrogens (tertiary/aromatic N) is 1. The zero-order valence-electron chi connectivity index (χ0n) is 17.7. The van der Waals surface area contributed by atoms with Crippen molar-refractivity contribution in [2.45, 2.75) is 51.4 Å². The number of rotatable bonds is 7. The van der Waals surface area contributed by atoms with E-state index in [-0.39, 0.29) is 5.78 Å². The molecule has 0 amide bonds. The van der Waals surface area contributed by atoms with Crippen molar-refractivity contribution in [3.05, 3.63) is 70.9 Å². The number of aryl methyl sites for hydroxylation is 1. The summed E-state index contributed by atoms with van der Waals surface area (Å²) < 4.78 is 0. The van der Waals surface area contributed by atoms with E-state index in [0.717, 1.165) is 43.5 Å². The highest BCUT2D eigenvalue weighted by Gasteiger charge is 2.21. The molecule has 1 aliphatic heterocycles. The Balaban J connectivity index is 1.56. The molecule has 3 aromatic rings. The number of hydrogen-bond acceptors (Lipinski definition) is 2. The first-order valence-corrected chi connectivity index (χ1v) is 11.0. The van der Waals surface area contributed by atoms with Gasteiger partial charge in [-0.15, -0.1) is 0 Å². The molecule has 3 heteroatoms. The van der Waals surface area contributed by atoms with E-state index in [0.29, 0.717) is 12.3 Å².